The van der Waals surface area contributed by atoms with Crippen LogP contribution in [-0.2, 0) is 6.54 Å². The molecule has 0 aliphatic rings. The predicted octanol–water partition coefficient (Wildman–Crippen LogP) is 3.37. The number of halogens is 1. The van der Waals surface area contributed by atoms with Crippen molar-refractivity contribution >= 4 is 34.5 Å². The monoisotopic (exact) mass is 336 g/mol. The minimum absolute atomic E-state index is 0.147. The molecular weight excluding hydrogens is 324 g/mol. The number of carbonyl (C=O) groups excluding carboxylic acids is 1. The van der Waals surface area contributed by atoms with Crippen LogP contribution >= 0.6 is 28.6 Å². The summed E-state index contributed by atoms with van der Waals surface area (Å²) in [5.41, 5.74) is 2.34. The van der Waals surface area contributed by atoms with Gasteiger partial charge in [-0.3, -0.25) is 9.78 Å². The lowest BCUT2D eigenvalue weighted by atomic mass is 10.2. The minimum Gasteiger partial charge on any atom is -0.346 e. The summed E-state index contributed by atoms with van der Waals surface area (Å²) in [6.07, 6.45) is 0. The zero-order chi connectivity index (χ0) is 13.8. The van der Waals surface area contributed by atoms with Crippen molar-refractivity contribution in [3.05, 3.63) is 57.8 Å². The largest absolute Gasteiger partial charge is 0.346 e. The molecule has 0 radical (unpaired) electrons. The third-order valence-electron chi connectivity index (χ3n) is 2.57. The van der Waals surface area contributed by atoms with Crippen LogP contribution in [0, 0.1) is 6.92 Å². The number of hydrogen-bond donors (Lipinski definition) is 2. The number of carbonyl (C=O) groups is 1. The average Bonchev–Trinajstić information content (AvgIpc) is 2.39. The van der Waals surface area contributed by atoms with E-state index < -0.39 is 0 Å². The van der Waals surface area contributed by atoms with Crippen LogP contribution in [-0.4, -0.2) is 10.9 Å². The predicted molar refractivity (Wildman–Crippen MR) is 81.5 cm³/mol. The second kappa shape index (κ2) is 6.21. The fourth-order valence-corrected chi connectivity index (χ4v) is 2.28. The molecule has 0 atom stereocenters. The number of thiol groups is 1. The van der Waals surface area contributed by atoms with Gasteiger partial charge in [0.25, 0.3) is 5.91 Å². The molecular formula is C14H13BrN2OS. The third-order valence-corrected chi connectivity index (χ3v) is 3.54. The highest BCUT2D eigenvalue weighted by molar-refractivity contribution is 9.10. The van der Waals surface area contributed by atoms with Gasteiger partial charge < -0.3 is 5.32 Å². The molecule has 0 aliphatic carbocycles. The Morgan fingerprint density at radius 1 is 1.37 bits per heavy atom. The molecule has 0 saturated carbocycles. The summed E-state index contributed by atoms with van der Waals surface area (Å²) in [6.45, 7) is 2.33. The number of amides is 1. The molecule has 5 heteroatoms. The molecule has 3 nitrogen and oxygen atoms in total. The van der Waals surface area contributed by atoms with Crippen molar-refractivity contribution < 1.29 is 4.79 Å². The number of nitrogens with one attached hydrogen (secondary N) is 1. The number of rotatable bonds is 3. The molecule has 0 saturated heterocycles. The molecule has 1 aromatic heterocycles. The standard InChI is InChI=1S/C14H13BrN2OS/c1-9-3-2-4-10(17-9)8-16-14(18)12-7-11(19)5-6-13(12)15/h2-7,19H,8H2,1H3,(H,16,18). The molecule has 1 aromatic carbocycles. The Labute approximate surface area is 126 Å². The molecule has 0 fully saturated rings. The molecule has 0 unspecified atom stereocenters. The number of aromatic nitrogens is 1. The molecule has 2 rings (SSSR count). The lowest BCUT2D eigenvalue weighted by Crippen LogP contribution is -2.23. The second-order valence-corrected chi connectivity index (χ2v) is 5.49. The fourth-order valence-electron chi connectivity index (χ4n) is 1.65. The van der Waals surface area contributed by atoms with Crippen LogP contribution in [0.5, 0.6) is 0 Å². The van der Waals surface area contributed by atoms with E-state index in [2.05, 4.69) is 38.9 Å². The van der Waals surface area contributed by atoms with Gasteiger partial charge >= 0.3 is 0 Å². The van der Waals surface area contributed by atoms with Gasteiger partial charge in [0.2, 0.25) is 0 Å². The summed E-state index contributed by atoms with van der Waals surface area (Å²) >= 11 is 7.59. The molecule has 1 N–H and O–H groups in total. The number of aryl methyl sites for hydroxylation is 1. The van der Waals surface area contributed by atoms with Crippen LogP contribution < -0.4 is 5.32 Å². The van der Waals surface area contributed by atoms with Crippen molar-refractivity contribution in [2.75, 3.05) is 0 Å². The average molecular weight is 337 g/mol. The molecule has 1 amide bonds. The summed E-state index contributed by atoms with van der Waals surface area (Å²) < 4.78 is 0.750. The van der Waals surface area contributed by atoms with Crippen molar-refractivity contribution in [1.29, 1.82) is 0 Å². The summed E-state index contributed by atoms with van der Waals surface area (Å²) in [5, 5.41) is 2.85. The van der Waals surface area contributed by atoms with Gasteiger partial charge in [0.05, 0.1) is 17.8 Å². The summed E-state index contributed by atoms with van der Waals surface area (Å²) in [6, 6.07) is 11.1. The molecule has 1 heterocycles. The quantitative estimate of drug-likeness (QED) is 0.844. The number of pyridine rings is 1. The van der Waals surface area contributed by atoms with Gasteiger partial charge in [-0.15, -0.1) is 12.6 Å². The van der Waals surface area contributed by atoms with E-state index in [1.165, 1.54) is 0 Å². The fraction of sp³-hybridized carbons (Fsp3) is 0.143. The van der Waals surface area contributed by atoms with Gasteiger partial charge in [0.15, 0.2) is 0 Å². The topological polar surface area (TPSA) is 42.0 Å². The first-order valence-electron chi connectivity index (χ1n) is 5.75. The van der Waals surface area contributed by atoms with Gasteiger partial charge in [-0.05, 0) is 53.2 Å². The normalized spacial score (nSPS) is 10.3. The number of nitrogens with zero attached hydrogens (tertiary/aromatic N) is 1. The van der Waals surface area contributed by atoms with E-state index in [-0.39, 0.29) is 5.91 Å². The summed E-state index contributed by atoms with van der Waals surface area (Å²) in [7, 11) is 0. The van der Waals surface area contributed by atoms with Crippen molar-refractivity contribution in [2.24, 2.45) is 0 Å². The maximum Gasteiger partial charge on any atom is 0.252 e. The zero-order valence-electron chi connectivity index (χ0n) is 10.4. The van der Waals surface area contributed by atoms with Crippen LogP contribution in [0.15, 0.2) is 45.8 Å². The highest BCUT2D eigenvalue weighted by atomic mass is 79.9. The Hall–Kier alpha value is -1.33. The van der Waals surface area contributed by atoms with Crippen LogP contribution in [0.2, 0.25) is 0 Å². The molecule has 98 valence electrons. The first-order valence-corrected chi connectivity index (χ1v) is 6.99. The van der Waals surface area contributed by atoms with E-state index >= 15 is 0 Å². The first kappa shape index (κ1) is 14.1. The number of hydrogen-bond acceptors (Lipinski definition) is 3. The number of benzene rings is 1. The van der Waals surface area contributed by atoms with Crippen LogP contribution in [0.1, 0.15) is 21.7 Å². The second-order valence-electron chi connectivity index (χ2n) is 4.12. The lowest BCUT2D eigenvalue weighted by molar-refractivity contribution is 0.0949. The van der Waals surface area contributed by atoms with Crippen molar-refractivity contribution in [3.8, 4) is 0 Å². The molecule has 19 heavy (non-hydrogen) atoms. The Balaban J connectivity index is 2.07. The van der Waals surface area contributed by atoms with E-state index in [0.717, 1.165) is 20.8 Å². The SMILES string of the molecule is Cc1cccc(CNC(=O)c2cc(S)ccc2Br)n1. The Bertz CT molecular complexity index is 616. The lowest BCUT2D eigenvalue weighted by Gasteiger charge is -2.07. The van der Waals surface area contributed by atoms with Crippen LogP contribution in [0.3, 0.4) is 0 Å². The van der Waals surface area contributed by atoms with E-state index in [0.29, 0.717) is 12.1 Å². The van der Waals surface area contributed by atoms with E-state index in [1.54, 1.807) is 6.07 Å². The third kappa shape index (κ3) is 3.81. The van der Waals surface area contributed by atoms with Crippen molar-refractivity contribution in [2.45, 2.75) is 18.4 Å². The van der Waals surface area contributed by atoms with Gasteiger partial charge in [0, 0.05) is 15.1 Å². The van der Waals surface area contributed by atoms with E-state index in [9.17, 15) is 4.79 Å². The highest BCUT2D eigenvalue weighted by Crippen LogP contribution is 2.20. The van der Waals surface area contributed by atoms with Gasteiger partial charge in [0.1, 0.15) is 0 Å². The first-order chi connectivity index (χ1) is 9.06. The molecule has 0 aliphatic heterocycles. The molecule has 2 aromatic rings. The van der Waals surface area contributed by atoms with Gasteiger partial charge in [-0.25, -0.2) is 0 Å². The van der Waals surface area contributed by atoms with Gasteiger partial charge in [-0.2, -0.15) is 0 Å². The highest BCUT2D eigenvalue weighted by Gasteiger charge is 2.10. The van der Waals surface area contributed by atoms with Crippen LogP contribution in [0.4, 0.5) is 0 Å². The van der Waals surface area contributed by atoms with Crippen LogP contribution in [0.25, 0.3) is 0 Å². The maximum atomic E-state index is 12.1. The Kier molecular flexibility index (Phi) is 4.61. The van der Waals surface area contributed by atoms with E-state index in [4.69, 9.17) is 0 Å². The smallest absolute Gasteiger partial charge is 0.252 e. The minimum atomic E-state index is -0.147. The van der Waals surface area contributed by atoms with Crippen molar-refractivity contribution in [1.82, 2.24) is 10.3 Å². The zero-order valence-corrected chi connectivity index (χ0v) is 12.8. The van der Waals surface area contributed by atoms with Gasteiger partial charge in [-0.1, -0.05) is 6.07 Å². The Morgan fingerprint density at radius 3 is 2.89 bits per heavy atom. The summed E-state index contributed by atoms with van der Waals surface area (Å²) in [5.74, 6) is -0.147. The van der Waals surface area contributed by atoms with E-state index in [1.807, 2.05) is 37.3 Å². The van der Waals surface area contributed by atoms with Crippen molar-refractivity contribution in [3.63, 3.8) is 0 Å². The maximum absolute atomic E-state index is 12.1. The summed E-state index contributed by atoms with van der Waals surface area (Å²) in [4.78, 5) is 17.2. The Morgan fingerprint density at radius 2 is 2.16 bits per heavy atom. The molecule has 0 bridgehead atoms. The molecule has 0 spiro atoms.